The van der Waals surface area contributed by atoms with Crippen LogP contribution in [0.1, 0.15) is 38.7 Å². The van der Waals surface area contributed by atoms with E-state index in [0.717, 1.165) is 23.1 Å². The molecule has 0 radical (unpaired) electrons. The first-order valence-electron chi connectivity index (χ1n) is 9.68. The van der Waals surface area contributed by atoms with Crippen molar-refractivity contribution in [1.29, 1.82) is 0 Å². The molecule has 2 aromatic rings. The number of nitrogens with zero attached hydrogens (tertiary/aromatic N) is 1. The quantitative estimate of drug-likeness (QED) is 0.848. The molecule has 4 heteroatoms. The molecule has 0 spiro atoms. The van der Waals surface area contributed by atoms with Gasteiger partial charge in [-0.25, -0.2) is 0 Å². The number of hydrogen-bond donors (Lipinski definition) is 1. The molecule has 0 aromatic heterocycles. The highest BCUT2D eigenvalue weighted by atomic mass is 16.2. The van der Waals surface area contributed by atoms with Crippen LogP contribution in [0.5, 0.6) is 0 Å². The topological polar surface area (TPSA) is 63.4 Å². The zero-order valence-corrected chi connectivity index (χ0v) is 16.2. The lowest BCUT2D eigenvalue weighted by atomic mass is 9.84. The second-order valence-corrected chi connectivity index (χ2v) is 7.84. The molecule has 142 valence electrons. The zero-order chi connectivity index (χ0) is 19.4. The SMILES string of the molecule is CC(C)CC(=O)N1CCCC1(Cc1ccccc1-c1ccccc1)C(N)=O. The number of primary amides is 1. The Morgan fingerprint density at radius 3 is 2.41 bits per heavy atom. The first kappa shape index (κ1) is 19.2. The molecule has 27 heavy (non-hydrogen) atoms. The maximum Gasteiger partial charge on any atom is 0.243 e. The van der Waals surface area contributed by atoms with Crippen LogP contribution in [0, 0.1) is 5.92 Å². The van der Waals surface area contributed by atoms with Crippen molar-refractivity contribution in [2.45, 2.75) is 45.1 Å². The third kappa shape index (κ3) is 3.90. The monoisotopic (exact) mass is 364 g/mol. The minimum Gasteiger partial charge on any atom is -0.368 e. The fourth-order valence-corrected chi connectivity index (χ4v) is 4.12. The van der Waals surface area contributed by atoms with Crippen LogP contribution in [0.25, 0.3) is 11.1 Å². The fraction of sp³-hybridized carbons (Fsp3) is 0.391. The standard InChI is InChI=1S/C23H28N2O2/c1-17(2)15-21(26)25-14-8-13-23(25,22(24)27)16-19-11-6-7-12-20(19)18-9-4-3-5-10-18/h3-7,9-12,17H,8,13-16H2,1-2H3,(H2,24,27). The predicted molar refractivity (Wildman–Crippen MR) is 108 cm³/mol. The average molecular weight is 364 g/mol. The molecule has 2 aromatic carbocycles. The molecule has 1 unspecified atom stereocenters. The summed E-state index contributed by atoms with van der Waals surface area (Å²) < 4.78 is 0. The van der Waals surface area contributed by atoms with Crippen LogP contribution in [-0.4, -0.2) is 28.8 Å². The number of carbonyl (C=O) groups excluding carboxylic acids is 2. The molecule has 2 N–H and O–H groups in total. The molecule has 1 fully saturated rings. The number of likely N-dealkylation sites (tertiary alicyclic amines) is 1. The van der Waals surface area contributed by atoms with E-state index in [1.54, 1.807) is 4.90 Å². The molecule has 1 heterocycles. The first-order chi connectivity index (χ1) is 12.9. The predicted octanol–water partition coefficient (Wildman–Crippen LogP) is 3.79. The summed E-state index contributed by atoms with van der Waals surface area (Å²) in [5, 5.41) is 0. The Labute approximate surface area is 161 Å². The van der Waals surface area contributed by atoms with Crippen molar-refractivity contribution in [3.8, 4) is 11.1 Å². The van der Waals surface area contributed by atoms with E-state index in [-0.39, 0.29) is 11.8 Å². The number of carbonyl (C=O) groups is 2. The van der Waals surface area contributed by atoms with Gasteiger partial charge in [0.05, 0.1) is 0 Å². The molecule has 3 rings (SSSR count). The zero-order valence-electron chi connectivity index (χ0n) is 16.2. The molecule has 1 saturated heterocycles. The van der Waals surface area contributed by atoms with Gasteiger partial charge in [-0.2, -0.15) is 0 Å². The molecule has 2 amide bonds. The van der Waals surface area contributed by atoms with E-state index >= 15 is 0 Å². The van der Waals surface area contributed by atoms with Crippen LogP contribution in [-0.2, 0) is 16.0 Å². The van der Waals surface area contributed by atoms with Crippen molar-refractivity contribution in [2.24, 2.45) is 11.7 Å². The summed E-state index contributed by atoms with van der Waals surface area (Å²) in [6.45, 7) is 4.64. The van der Waals surface area contributed by atoms with Crippen molar-refractivity contribution < 1.29 is 9.59 Å². The third-order valence-corrected chi connectivity index (χ3v) is 5.42. The molecule has 0 aliphatic carbocycles. The molecular formula is C23H28N2O2. The summed E-state index contributed by atoms with van der Waals surface area (Å²) in [6.07, 6.45) is 2.32. The molecular weight excluding hydrogens is 336 g/mol. The third-order valence-electron chi connectivity index (χ3n) is 5.42. The Balaban J connectivity index is 1.99. The van der Waals surface area contributed by atoms with Crippen molar-refractivity contribution in [3.05, 3.63) is 60.2 Å². The number of hydrogen-bond acceptors (Lipinski definition) is 2. The van der Waals surface area contributed by atoms with Crippen LogP contribution in [0.15, 0.2) is 54.6 Å². The largest absolute Gasteiger partial charge is 0.368 e. The molecule has 0 saturated carbocycles. The Bertz CT molecular complexity index is 816. The first-order valence-corrected chi connectivity index (χ1v) is 9.68. The van der Waals surface area contributed by atoms with E-state index in [9.17, 15) is 9.59 Å². The second kappa shape index (κ2) is 7.95. The Morgan fingerprint density at radius 2 is 1.74 bits per heavy atom. The van der Waals surface area contributed by atoms with Crippen LogP contribution >= 0.6 is 0 Å². The summed E-state index contributed by atoms with van der Waals surface area (Å²) in [7, 11) is 0. The van der Waals surface area contributed by atoms with Gasteiger partial charge in [0, 0.05) is 19.4 Å². The molecule has 1 atom stereocenters. The molecule has 4 nitrogen and oxygen atoms in total. The van der Waals surface area contributed by atoms with Gasteiger partial charge < -0.3 is 10.6 Å². The van der Waals surface area contributed by atoms with Crippen LogP contribution in [0.2, 0.25) is 0 Å². The van der Waals surface area contributed by atoms with Crippen molar-refractivity contribution >= 4 is 11.8 Å². The fourth-order valence-electron chi connectivity index (χ4n) is 4.12. The lowest BCUT2D eigenvalue weighted by Gasteiger charge is -2.37. The summed E-state index contributed by atoms with van der Waals surface area (Å²) in [6, 6.07) is 18.2. The van der Waals surface area contributed by atoms with Crippen molar-refractivity contribution in [2.75, 3.05) is 6.54 Å². The van der Waals surface area contributed by atoms with Crippen LogP contribution in [0.3, 0.4) is 0 Å². The Hall–Kier alpha value is -2.62. The lowest BCUT2D eigenvalue weighted by Crippen LogP contribution is -2.57. The van der Waals surface area contributed by atoms with Crippen molar-refractivity contribution in [3.63, 3.8) is 0 Å². The van der Waals surface area contributed by atoms with E-state index in [0.29, 0.717) is 25.8 Å². The summed E-state index contributed by atoms with van der Waals surface area (Å²) in [5.74, 6) is -0.126. The highest BCUT2D eigenvalue weighted by Gasteiger charge is 2.48. The Morgan fingerprint density at radius 1 is 1.07 bits per heavy atom. The number of nitrogens with two attached hydrogens (primary N) is 1. The van der Waals surface area contributed by atoms with Gasteiger partial charge in [0.2, 0.25) is 11.8 Å². The summed E-state index contributed by atoms with van der Waals surface area (Å²) >= 11 is 0. The van der Waals surface area contributed by atoms with Gasteiger partial charge in [0.1, 0.15) is 5.54 Å². The van der Waals surface area contributed by atoms with Gasteiger partial charge in [0.15, 0.2) is 0 Å². The Kier molecular flexibility index (Phi) is 5.64. The van der Waals surface area contributed by atoms with E-state index in [4.69, 9.17) is 5.73 Å². The van der Waals surface area contributed by atoms with Gasteiger partial charge in [-0.3, -0.25) is 9.59 Å². The molecule has 1 aliphatic heterocycles. The van der Waals surface area contributed by atoms with E-state index in [2.05, 4.69) is 18.2 Å². The van der Waals surface area contributed by atoms with Gasteiger partial charge >= 0.3 is 0 Å². The van der Waals surface area contributed by atoms with E-state index < -0.39 is 11.4 Å². The van der Waals surface area contributed by atoms with E-state index in [1.807, 2.05) is 50.2 Å². The smallest absolute Gasteiger partial charge is 0.243 e. The normalized spacial score (nSPS) is 19.4. The highest BCUT2D eigenvalue weighted by molar-refractivity contribution is 5.91. The van der Waals surface area contributed by atoms with Gasteiger partial charge in [-0.05, 0) is 35.4 Å². The van der Waals surface area contributed by atoms with E-state index in [1.165, 1.54) is 0 Å². The molecule has 0 bridgehead atoms. The van der Waals surface area contributed by atoms with Crippen molar-refractivity contribution in [1.82, 2.24) is 4.90 Å². The summed E-state index contributed by atoms with van der Waals surface area (Å²) in [4.78, 5) is 27.2. The number of benzene rings is 2. The van der Waals surface area contributed by atoms with Gasteiger partial charge in [-0.1, -0.05) is 68.4 Å². The maximum atomic E-state index is 12.8. The summed E-state index contributed by atoms with van der Waals surface area (Å²) in [5.41, 5.74) is 8.20. The van der Waals surface area contributed by atoms with Crippen LogP contribution < -0.4 is 5.73 Å². The van der Waals surface area contributed by atoms with Crippen LogP contribution in [0.4, 0.5) is 0 Å². The minimum atomic E-state index is -0.934. The number of amides is 2. The minimum absolute atomic E-state index is 0.0264. The maximum absolute atomic E-state index is 12.8. The second-order valence-electron chi connectivity index (χ2n) is 7.84. The average Bonchev–Trinajstić information content (AvgIpc) is 3.07. The highest BCUT2D eigenvalue weighted by Crippen LogP contribution is 2.36. The lowest BCUT2D eigenvalue weighted by molar-refractivity contribution is -0.144. The number of rotatable bonds is 6. The van der Waals surface area contributed by atoms with Gasteiger partial charge in [0.25, 0.3) is 0 Å². The molecule has 1 aliphatic rings. The van der Waals surface area contributed by atoms with Gasteiger partial charge in [-0.15, -0.1) is 0 Å².